The van der Waals surface area contributed by atoms with Gasteiger partial charge < -0.3 is 20.1 Å². The van der Waals surface area contributed by atoms with Crippen LogP contribution in [0.3, 0.4) is 0 Å². The molecule has 9 heteroatoms. The number of alkyl carbamates (subject to hydrolysis) is 1. The Bertz CT molecular complexity index is 1460. The highest BCUT2D eigenvalue weighted by atomic mass is 35.5. The zero-order valence-corrected chi connectivity index (χ0v) is 26.1. The van der Waals surface area contributed by atoms with Gasteiger partial charge in [-0.15, -0.1) is 0 Å². The molecule has 2 amide bonds. The average molecular weight is 604 g/mol. The molecule has 0 aliphatic carbocycles. The minimum absolute atomic E-state index is 0.212. The van der Waals surface area contributed by atoms with Crippen molar-refractivity contribution in [3.63, 3.8) is 0 Å². The van der Waals surface area contributed by atoms with Crippen molar-refractivity contribution >= 4 is 29.6 Å². The van der Waals surface area contributed by atoms with E-state index >= 15 is 0 Å². The van der Waals surface area contributed by atoms with Crippen LogP contribution in [0.25, 0.3) is 0 Å². The third-order valence-corrected chi connectivity index (χ3v) is 6.96. The Morgan fingerprint density at radius 1 is 0.860 bits per heavy atom. The van der Waals surface area contributed by atoms with Crippen LogP contribution < -0.4 is 10.6 Å². The topological polar surface area (TPSA) is 118 Å². The molecule has 226 valence electrons. The van der Waals surface area contributed by atoms with Crippen molar-refractivity contribution in [2.24, 2.45) is 0 Å². The SMILES string of the molecule is C[C@H](NC(=O)C(C)(C)OC(=O)[C@H](NC(=O)OC(C)(C)C)c1ccccc1)[C@@H](Cc1ccc(Cl)cc1)c1cccc(C#N)c1. The highest BCUT2D eigenvalue weighted by molar-refractivity contribution is 6.30. The van der Waals surface area contributed by atoms with Gasteiger partial charge in [-0.3, -0.25) is 4.79 Å². The zero-order chi connectivity index (χ0) is 31.8. The number of esters is 1. The molecular formula is C34H38ClN3O5. The van der Waals surface area contributed by atoms with Gasteiger partial charge in [-0.25, -0.2) is 9.59 Å². The van der Waals surface area contributed by atoms with Crippen molar-refractivity contribution in [1.82, 2.24) is 10.6 Å². The highest BCUT2D eigenvalue weighted by Crippen LogP contribution is 2.27. The van der Waals surface area contributed by atoms with E-state index in [1.165, 1.54) is 13.8 Å². The number of nitriles is 1. The molecule has 0 spiro atoms. The largest absolute Gasteiger partial charge is 0.448 e. The quantitative estimate of drug-likeness (QED) is 0.251. The number of hydrogen-bond acceptors (Lipinski definition) is 6. The summed E-state index contributed by atoms with van der Waals surface area (Å²) in [5.74, 6) is -1.55. The zero-order valence-electron chi connectivity index (χ0n) is 25.3. The van der Waals surface area contributed by atoms with E-state index < -0.39 is 41.3 Å². The molecule has 2 N–H and O–H groups in total. The summed E-state index contributed by atoms with van der Waals surface area (Å²) >= 11 is 6.08. The predicted molar refractivity (Wildman–Crippen MR) is 165 cm³/mol. The van der Waals surface area contributed by atoms with Gasteiger partial charge in [0.15, 0.2) is 11.6 Å². The molecule has 0 aliphatic rings. The van der Waals surface area contributed by atoms with Gasteiger partial charge in [-0.1, -0.05) is 66.2 Å². The van der Waals surface area contributed by atoms with Crippen LogP contribution >= 0.6 is 11.6 Å². The Morgan fingerprint density at radius 2 is 1.49 bits per heavy atom. The van der Waals surface area contributed by atoms with Gasteiger partial charge in [0, 0.05) is 17.0 Å². The minimum atomic E-state index is -1.59. The van der Waals surface area contributed by atoms with Crippen molar-refractivity contribution in [3.05, 3.63) is 106 Å². The summed E-state index contributed by atoms with van der Waals surface area (Å²) in [6.07, 6.45) is -0.234. The van der Waals surface area contributed by atoms with Crippen molar-refractivity contribution in [1.29, 1.82) is 5.26 Å². The monoisotopic (exact) mass is 603 g/mol. The maximum absolute atomic E-state index is 13.6. The molecule has 0 aromatic heterocycles. The number of rotatable bonds is 10. The fourth-order valence-corrected chi connectivity index (χ4v) is 4.61. The lowest BCUT2D eigenvalue weighted by molar-refractivity contribution is -0.167. The average Bonchev–Trinajstić information content (AvgIpc) is 2.94. The van der Waals surface area contributed by atoms with Crippen LogP contribution in [0.1, 0.15) is 75.8 Å². The smallest absolute Gasteiger partial charge is 0.408 e. The van der Waals surface area contributed by atoms with Crippen LogP contribution in [0.4, 0.5) is 4.79 Å². The number of nitrogens with zero attached hydrogens (tertiary/aromatic N) is 1. The number of nitrogens with one attached hydrogen (secondary N) is 2. The molecule has 0 unspecified atom stereocenters. The van der Waals surface area contributed by atoms with E-state index in [0.29, 0.717) is 22.6 Å². The summed E-state index contributed by atoms with van der Waals surface area (Å²) < 4.78 is 11.1. The maximum Gasteiger partial charge on any atom is 0.408 e. The van der Waals surface area contributed by atoms with E-state index in [2.05, 4.69) is 16.7 Å². The van der Waals surface area contributed by atoms with E-state index in [1.807, 2.05) is 31.2 Å². The van der Waals surface area contributed by atoms with Crippen LogP contribution in [0.5, 0.6) is 0 Å². The fourth-order valence-electron chi connectivity index (χ4n) is 4.48. The minimum Gasteiger partial charge on any atom is -0.448 e. The Kier molecular flexibility index (Phi) is 11.0. The van der Waals surface area contributed by atoms with Gasteiger partial charge in [-0.2, -0.15) is 5.26 Å². The predicted octanol–water partition coefficient (Wildman–Crippen LogP) is 6.63. The van der Waals surface area contributed by atoms with E-state index in [9.17, 15) is 19.6 Å². The molecule has 43 heavy (non-hydrogen) atoms. The molecule has 3 aromatic rings. The van der Waals surface area contributed by atoms with Crippen LogP contribution in [0, 0.1) is 11.3 Å². The molecule has 0 heterocycles. The van der Waals surface area contributed by atoms with Crippen LogP contribution in [-0.2, 0) is 25.5 Å². The molecule has 0 saturated carbocycles. The summed E-state index contributed by atoms with van der Waals surface area (Å²) in [7, 11) is 0. The summed E-state index contributed by atoms with van der Waals surface area (Å²) in [5.41, 5.74) is 0.497. The molecule has 0 bridgehead atoms. The van der Waals surface area contributed by atoms with E-state index in [-0.39, 0.29) is 5.92 Å². The Hall–Kier alpha value is -4.35. The molecule has 0 saturated heterocycles. The van der Waals surface area contributed by atoms with Crippen molar-refractivity contribution in [2.75, 3.05) is 0 Å². The molecule has 3 aromatic carbocycles. The van der Waals surface area contributed by atoms with E-state index in [0.717, 1.165) is 11.1 Å². The lowest BCUT2D eigenvalue weighted by Gasteiger charge is -2.31. The molecular weight excluding hydrogens is 566 g/mol. The number of carbonyl (C=O) groups is 3. The second-order valence-corrected chi connectivity index (χ2v) is 12.3. The van der Waals surface area contributed by atoms with Gasteiger partial charge in [0.2, 0.25) is 0 Å². The van der Waals surface area contributed by atoms with Crippen LogP contribution in [-0.4, -0.2) is 35.2 Å². The Labute approximate surface area is 258 Å². The number of hydrogen-bond donors (Lipinski definition) is 2. The van der Waals surface area contributed by atoms with Gasteiger partial charge in [0.1, 0.15) is 5.60 Å². The van der Waals surface area contributed by atoms with Gasteiger partial charge in [-0.05, 0) is 88.9 Å². The summed E-state index contributed by atoms with van der Waals surface area (Å²) in [6, 6.07) is 23.9. The lowest BCUT2D eigenvalue weighted by atomic mass is 9.85. The third kappa shape index (κ3) is 9.86. The number of amides is 2. The Morgan fingerprint density at radius 3 is 2.09 bits per heavy atom. The molecule has 3 rings (SSSR count). The van der Waals surface area contributed by atoms with Gasteiger partial charge in [0.25, 0.3) is 5.91 Å². The van der Waals surface area contributed by atoms with E-state index in [4.69, 9.17) is 21.1 Å². The molecule has 8 nitrogen and oxygen atoms in total. The number of benzene rings is 3. The second kappa shape index (κ2) is 14.2. The summed E-state index contributed by atoms with van der Waals surface area (Å²) in [6.45, 7) is 10.0. The maximum atomic E-state index is 13.6. The number of halogens is 1. The molecule has 0 aliphatic heterocycles. The summed E-state index contributed by atoms with van der Waals surface area (Å²) in [4.78, 5) is 39.6. The fraction of sp³-hybridized carbons (Fsp3) is 0.353. The normalized spacial score (nSPS) is 13.5. The van der Waals surface area contributed by atoms with E-state index in [1.54, 1.807) is 75.4 Å². The summed E-state index contributed by atoms with van der Waals surface area (Å²) in [5, 5.41) is 15.7. The van der Waals surface area contributed by atoms with Crippen molar-refractivity contribution in [2.45, 2.75) is 77.2 Å². The van der Waals surface area contributed by atoms with Crippen LogP contribution in [0.15, 0.2) is 78.9 Å². The second-order valence-electron chi connectivity index (χ2n) is 11.9. The third-order valence-electron chi connectivity index (χ3n) is 6.71. The Balaban J connectivity index is 1.81. The first-order valence-electron chi connectivity index (χ1n) is 14.0. The molecule has 0 radical (unpaired) electrons. The standard InChI is InChI=1S/C34H38ClN3O5/c1-22(28(20-23-15-17-27(35)18-16-23)26-14-10-11-24(19-26)21-36)37-31(40)34(5,6)42-30(39)29(25-12-8-7-9-13-25)38-32(41)43-33(2,3)4/h7-19,22,28-29H,20H2,1-6H3,(H,37,40)(H,38,41)/t22-,28+,29+/m0/s1. The molecule has 0 fully saturated rings. The van der Waals surface area contributed by atoms with Crippen molar-refractivity contribution in [3.8, 4) is 6.07 Å². The first-order valence-corrected chi connectivity index (χ1v) is 14.4. The van der Waals surface area contributed by atoms with Gasteiger partial charge in [0.05, 0.1) is 11.6 Å². The highest BCUT2D eigenvalue weighted by Gasteiger charge is 2.38. The number of carbonyl (C=O) groups excluding carboxylic acids is 3. The molecule has 3 atom stereocenters. The number of ether oxygens (including phenoxy) is 2. The first-order chi connectivity index (χ1) is 20.2. The van der Waals surface area contributed by atoms with Gasteiger partial charge >= 0.3 is 12.1 Å². The van der Waals surface area contributed by atoms with Crippen LogP contribution in [0.2, 0.25) is 5.02 Å². The lowest BCUT2D eigenvalue weighted by Crippen LogP contribution is -2.51. The van der Waals surface area contributed by atoms with Crippen molar-refractivity contribution < 1.29 is 23.9 Å². The first kappa shape index (κ1) is 33.2.